The van der Waals surface area contributed by atoms with Crippen LogP contribution in [0.3, 0.4) is 0 Å². The number of rotatable bonds is 8. The summed E-state index contributed by atoms with van der Waals surface area (Å²) in [6, 6.07) is 9.44. The van der Waals surface area contributed by atoms with Crippen molar-refractivity contribution in [1.82, 2.24) is 5.43 Å². The van der Waals surface area contributed by atoms with E-state index in [9.17, 15) is 14.9 Å². The zero-order chi connectivity index (χ0) is 20.5. The summed E-state index contributed by atoms with van der Waals surface area (Å²) < 4.78 is 15.7. The van der Waals surface area contributed by atoms with Gasteiger partial charge in [0.15, 0.2) is 11.5 Å². The molecule has 0 fully saturated rings. The van der Waals surface area contributed by atoms with Gasteiger partial charge in [0.05, 0.1) is 35.4 Å². The molecule has 28 heavy (non-hydrogen) atoms. The van der Waals surface area contributed by atoms with E-state index >= 15 is 0 Å². The second-order valence-corrected chi connectivity index (χ2v) is 5.71. The van der Waals surface area contributed by atoms with Crippen molar-refractivity contribution in [2.75, 3.05) is 13.7 Å². The molecule has 0 aliphatic rings. The fraction of sp³-hybridized carbons (Fsp3) is 0.222. The third-order valence-electron chi connectivity index (χ3n) is 3.45. The highest BCUT2D eigenvalue weighted by Crippen LogP contribution is 2.37. The van der Waals surface area contributed by atoms with Gasteiger partial charge in [0.2, 0.25) is 0 Å². The minimum Gasteiger partial charge on any atom is -0.490 e. The van der Waals surface area contributed by atoms with Crippen molar-refractivity contribution in [3.05, 3.63) is 62.7 Å². The molecule has 0 atom stereocenters. The molecule has 9 nitrogen and oxygen atoms in total. The Balaban J connectivity index is 2.24. The predicted molar refractivity (Wildman–Crippen MR) is 103 cm³/mol. The number of methoxy groups -OCH3 is 1. The molecule has 0 saturated heterocycles. The smallest absolute Gasteiger partial charge is 0.427 e. The second-order valence-electron chi connectivity index (χ2n) is 5.30. The van der Waals surface area contributed by atoms with E-state index in [2.05, 4.69) is 15.3 Å². The van der Waals surface area contributed by atoms with E-state index < -0.39 is 11.0 Å². The highest BCUT2D eigenvalue weighted by Gasteiger charge is 2.16. The fourth-order valence-corrected chi connectivity index (χ4v) is 2.51. The first kappa shape index (κ1) is 21.0. The molecular weight excluding hydrogens is 390 g/mol. The van der Waals surface area contributed by atoms with Gasteiger partial charge in [-0.2, -0.15) is 5.10 Å². The zero-order valence-electron chi connectivity index (χ0n) is 15.2. The predicted octanol–water partition coefficient (Wildman–Crippen LogP) is 3.92. The van der Waals surface area contributed by atoms with E-state index in [0.717, 1.165) is 0 Å². The number of hydrogen-bond donors (Lipinski definition) is 1. The van der Waals surface area contributed by atoms with Crippen LogP contribution in [-0.4, -0.2) is 30.9 Å². The quantitative estimate of drug-likeness (QED) is 0.403. The number of nitro groups is 1. The van der Waals surface area contributed by atoms with Crippen LogP contribution in [0.5, 0.6) is 11.5 Å². The van der Waals surface area contributed by atoms with Crippen molar-refractivity contribution >= 4 is 29.6 Å². The summed E-state index contributed by atoms with van der Waals surface area (Å²) in [6.45, 7) is 2.08. The normalized spacial score (nSPS) is 10.5. The van der Waals surface area contributed by atoms with Crippen LogP contribution in [0.1, 0.15) is 18.1 Å². The van der Waals surface area contributed by atoms with Gasteiger partial charge >= 0.3 is 6.09 Å². The molecule has 2 rings (SSSR count). The van der Waals surface area contributed by atoms with Crippen LogP contribution in [0, 0.1) is 10.1 Å². The van der Waals surface area contributed by atoms with Gasteiger partial charge in [-0.05, 0) is 30.7 Å². The Morgan fingerprint density at radius 3 is 2.75 bits per heavy atom. The molecule has 2 aromatic rings. The van der Waals surface area contributed by atoms with Gasteiger partial charge in [-0.15, -0.1) is 0 Å². The lowest BCUT2D eigenvalue weighted by atomic mass is 10.2. The average Bonchev–Trinajstić information content (AvgIpc) is 2.67. The van der Waals surface area contributed by atoms with E-state index in [1.54, 1.807) is 37.3 Å². The number of benzene rings is 2. The average molecular weight is 408 g/mol. The summed E-state index contributed by atoms with van der Waals surface area (Å²) in [5, 5.41) is 15.1. The van der Waals surface area contributed by atoms with E-state index in [-0.39, 0.29) is 23.1 Å². The number of hydrazone groups is 1. The monoisotopic (exact) mass is 407 g/mol. The maximum Gasteiger partial charge on any atom is 0.427 e. The molecule has 1 amide bonds. The number of nitrogens with zero attached hydrogens (tertiary/aromatic N) is 2. The minimum absolute atomic E-state index is 0.0470. The first-order valence-electron chi connectivity index (χ1n) is 8.14. The molecule has 0 aromatic heterocycles. The topological polar surface area (TPSA) is 112 Å². The Hall–Kier alpha value is -3.33. The molecule has 0 aliphatic heterocycles. The van der Waals surface area contributed by atoms with Crippen LogP contribution in [0.25, 0.3) is 0 Å². The summed E-state index contributed by atoms with van der Waals surface area (Å²) >= 11 is 6.30. The van der Waals surface area contributed by atoms with E-state index in [1.807, 2.05) is 0 Å². The summed E-state index contributed by atoms with van der Waals surface area (Å²) in [5.41, 5.74) is 3.06. The van der Waals surface area contributed by atoms with Gasteiger partial charge in [0, 0.05) is 6.07 Å². The van der Waals surface area contributed by atoms with Crippen LogP contribution >= 0.6 is 11.6 Å². The van der Waals surface area contributed by atoms with Crippen molar-refractivity contribution in [2.24, 2.45) is 5.10 Å². The van der Waals surface area contributed by atoms with Crippen LogP contribution in [-0.2, 0) is 11.3 Å². The van der Waals surface area contributed by atoms with Gasteiger partial charge in [-0.1, -0.05) is 23.7 Å². The standard InChI is InChI=1S/C18H18ClN3O6/c1-3-27-16-9-12(10-20-21-18(23)26-2)8-14(19)17(16)28-11-13-6-4-5-7-15(13)22(24)25/h4-10H,3,11H2,1-2H3,(H,21,23). The number of nitro benzene ring substituents is 1. The first-order chi connectivity index (χ1) is 13.5. The molecule has 0 bridgehead atoms. The van der Waals surface area contributed by atoms with Gasteiger partial charge in [0.25, 0.3) is 5.69 Å². The summed E-state index contributed by atoms with van der Waals surface area (Å²) in [7, 11) is 1.22. The first-order valence-corrected chi connectivity index (χ1v) is 8.52. The Morgan fingerprint density at radius 1 is 1.32 bits per heavy atom. The molecule has 1 N–H and O–H groups in total. The molecule has 2 aromatic carbocycles. The SMILES string of the molecule is CCOc1cc(C=NNC(=O)OC)cc(Cl)c1OCc1ccccc1[N+](=O)[O-]. The third-order valence-corrected chi connectivity index (χ3v) is 3.73. The largest absolute Gasteiger partial charge is 0.490 e. The number of ether oxygens (including phenoxy) is 3. The number of nitrogens with one attached hydrogen (secondary N) is 1. The molecule has 0 heterocycles. The lowest BCUT2D eigenvalue weighted by molar-refractivity contribution is -0.385. The van der Waals surface area contributed by atoms with Crippen LogP contribution in [0.4, 0.5) is 10.5 Å². The molecule has 0 saturated carbocycles. The van der Waals surface area contributed by atoms with Crippen molar-refractivity contribution in [3.63, 3.8) is 0 Å². The van der Waals surface area contributed by atoms with E-state index in [1.165, 1.54) is 19.4 Å². The molecule has 0 spiro atoms. The fourth-order valence-electron chi connectivity index (χ4n) is 2.23. The maximum absolute atomic E-state index is 11.1. The highest BCUT2D eigenvalue weighted by molar-refractivity contribution is 6.32. The van der Waals surface area contributed by atoms with Crippen molar-refractivity contribution in [3.8, 4) is 11.5 Å². The van der Waals surface area contributed by atoms with Crippen LogP contribution < -0.4 is 14.9 Å². The Morgan fingerprint density at radius 2 is 2.07 bits per heavy atom. The van der Waals surface area contributed by atoms with Crippen LogP contribution in [0.2, 0.25) is 5.02 Å². The third kappa shape index (κ3) is 5.58. The van der Waals surface area contributed by atoms with E-state index in [4.69, 9.17) is 21.1 Å². The van der Waals surface area contributed by atoms with Crippen molar-refractivity contribution < 1.29 is 23.9 Å². The molecule has 0 radical (unpaired) electrons. The van der Waals surface area contributed by atoms with E-state index in [0.29, 0.717) is 23.5 Å². The molecule has 148 valence electrons. The second kappa shape index (κ2) is 10.1. The van der Waals surface area contributed by atoms with Gasteiger partial charge in [-0.3, -0.25) is 10.1 Å². The van der Waals surface area contributed by atoms with Gasteiger partial charge in [0.1, 0.15) is 6.61 Å². The Kier molecular flexibility index (Phi) is 7.58. The van der Waals surface area contributed by atoms with Crippen LogP contribution in [0.15, 0.2) is 41.5 Å². The number of halogens is 1. The zero-order valence-corrected chi connectivity index (χ0v) is 15.9. The van der Waals surface area contributed by atoms with Gasteiger partial charge < -0.3 is 14.2 Å². The molecule has 10 heteroatoms. The maximum atomic E-state index is 11.1. The summed E-state index contributed by atoms with van der Waals surface area (Å²) in [6.07, 6.45) is 0.647. The number of carbonyl (C=O) groups is 1. The molecular formula is C18H18ClN3O6. The Labute approximate surface area is 166 Å². The number of carbonyl (C=O) groups excluding carboxylic acids is 1. The number of hydrogen-bond acceptors (Lipinski definition) is 7. The molecule has 0 unspecified atom stereocenters. The Bertz CT molecular complexity index is 888. The summed E-state index contributed by atoms with van der Waals surface area (Å²) in [5.74, 6) is 0.591. The van der Waals surface area contributed by atoms with Crippen molar-refractivity contribution in [2.45, 2.75) is 13.5 Å². The number of para-hydroxylation sites is 1. The lowest BCUT2D eigenvalue weighted by Gasteiger charge is -2.14. The summed E-state index contributed by atoms with van der Waals surface area (Å²) in [4.78, 5) is 21.7. The van der Waals surface area contributed by atoms with Gasteiger partial charge in [-0.25, -0.2) is 10.2 Å². The number of amides is 1. The molecule has 0 aliphatic carbocycles. The highest BCUT2D eigenvalue weighted by atomic mass is 35.5. The van der Waals surface area contributed by atoms with Crippen molar-refractivity contribution in [1.29, 1.82) is 0 Å². The lowest BCUT2D eigenvalue weighted by Crippen LogP contribution is -2.16. The minimum atomic E-state index is -0.711.